The lowest BCUT2D eigenvalue weighted by molar-refractivity contribution is -0.145. The summed E-state index contributed by atoms with van der Waals surface area (Å²) in [5.41, 5.74) is 2.57. The van der Waals surface area contributed by atoms with Crippen LogP contribution in [0.4, 0.5) is 0 Å². The summed E-state index contributed by atoms with van der Waals surface area (Å²) in [5.74, 6) is -1.05. The molecule has 1 aliphatic carbocycles. The van der Waals surface area contributed by atoms with Crippen LogP contribution in [0.2, 0.25) is 0 Å². The number of nitrogens with zero attached hydrogens (tertiary/aromatic N) is 1. The van der Waals surface area contributed by atoms with Crippen molar-refractivity contribution in [3.8, 4) is 0 Å². The summed E-state index contributed by atoms with van der Waals surface area (Å²) in [7, 11) is 0. The number of carboxylic acids is 1. The Bertz CT molecular complexity index is 569. The van der Waals surface area contributed by atoms with E-state index in [0.29, 0.717) is 19.4 Å². The van der Waals surface area contributed by atoms with Crippen LogP contribution in [-0.2, 0) is 22.6 Å². The minimum atomic E-state index is -0.751. The number of carbonyl (C=O) groups excluding carboxylic acids is 1. The summed E-state index contributed by atoms with van der Waals surface area (Å²) >= 11 is 0. The molecule has 1 saturated carbocycles. The van der Waals surface area contributed by atoms with Crippen LogP contribution in [0, 0.1) is 11.8 Å². The van der Waals surface area contributed by atoms with Gasteiger partial charge in [0.25, 0.3) is 0 Å². The molecule has 1 aliphatic heterocycles. The third-order valence-corrected chi connectivity index (χ3v) is 5.04. The fourth-order valence-electron chi connectivity index (χ4n) is 3.79. The number of fused-ring (bicyclic) bond motifs is 1. The molecule has 0 aromatic heterocycles. The van der Waals surface area contributed by atoms with Gasteiger partial charge in [-0.1, -0.05) is 30.7 Å². The van der Waals surface area contributed by atoms with Crippen LogP contribution in [-0.4, -0.2) is 28.4 Å². The number of aryl methyl sites for hydroxylation is 1. The Morgan fingerprint density at radius 1 is 1.05 bits per heavy atom. The van der Waals surface area contributed by atoms with Gasteiger partial charge >= 0.3 is 5.97 Å². The molecule has 0 saturated heterocycles. The van der Waals surface area contributed by atoms with Crippen molar-refractivity contribution in [2.75, 3.05) is 6.54 Å². The summed E-state index contributed by atoms with van der Waals surface area (Å²) in [6, 6.07) is 8.31. The van der Waals surface area contributed by atoms with Gasteiger partial charge < -0.3 is 10.0 Å². The van der Waals surface area contributed by atoms with Crippen molar-refractivity contribution in [1.82, 2.24) is 4.90 Å². The first kappa shape index (κ1) is 15.1. The van der Waals surface area contributed by atoms with Gasteiger partial charge in [0, 0.05) is 19.0 Å². The highest BCUT2D eigenvalue weighted by atomic mass is 16.4. The molecule has 2 atom stereocenters. The van der Waals surface area contributed by atoms with Crippen LogP contribution < -0.4 is 0 Å². The first-order chi connectivity index (χ1) is 10.6. The topological polar surface area (TPSA) is 57.6 Å². The monoisotopic (exact) mass is 301 g/mol. The predicted octanol–water partition coefficient (Wildman–Crippen LogP) is 2.85. The van der Waals surface area contributed by atoms with Gasteiger partial charge in [0.15, 0.2) is 0 Å². The normalized spacial score (nSPS) is 25.2. The third kappa shape index (κ3) is 3.16. The lowest BCUT2D eigenvalue weighted by atomic mass is 9.80. The molecule has 1 aromatic rings. The third-order valence-electron chi connectivity index (χ3n) is 5.04. The molecule has 2 aliphatic rings. The molecule has 0 spiro atoms. The number of carboxylic acid groups (broad SMARTS) is 1. The van der Waals surface area contributed by atoms with E-state index >= 15 is 0 Å². The molecule has 1 fully saturated rings. The standard InChI is InChI=1S/C18H23NO3/c20-17(14-7-3-8-15(11-14)18(21)22)19-10-4-9-13-5-1-2-6-16(13)12-19/h1-2,5-6,14-15H,3-4,7-12H2,(H,21,22)/t14-,15+/m1/s1. The van der Waals surface area contributed by atoms with Crippen molar-refractivity contribution in [3.63, 3.8) is 0 Å². The average Bonchev–Trinajstić information content (AvgIpc) is 2.76. The zero-order valence-corrected chi connectivity index (χ0v) is 12.8. The van der Waals surface area contributed by atoms with Crippen molar-refractivity contribution < 1.29 is 14.7 Å². The molecular weight excluding hydrogens is 278 g/mol. The molecule has 22 heavy (non-hydrogen) atoms. The highest BCUT2D eigenvalue weighted by molar-refractivity contribution is 5.80. The summed E-state index contributed by atoms with van der Waals surface area (Å²) < 4.78 is 0. The Hall–Kier alpha value is -1.84. The van der Waals surface area contributed by atoms with E-state index in [1.54, 1.807) is 0 Å². The Balaban J connectivity index is 1.71. The van der Waals surface area contributed by atoms with Crippen molar-refractivity contribution in [1.29, 1.82) is 0 Å². The summed E-state index contributed by atoms with van der Waals surface area (Å²) in [4.78, 5) is 26.0. The van der Waals surface area contributed by atoms with Gasteiger partial charge in [-0.25, -0.2) is 0 Å². The lowest BCUT2D eigenvalue weighted by Gasteiger charge is -2.31. The fourth-order valence-corrected chi connectivity index (χ4v) is 3.79. The van der Waals surface area contributed by atoms with Gasteiger partial charge in [0.1, 0.15) is 0 Å². The maximum absolute atomic E-state index is 12.8. The Labute approximate surface area is 131 Å². The molecule has 3 rings (SSSR count). The minimum absolute atomic E-state index is 0.111. The van der Waals surface area contributed by atoms with E-state index in [9.17, 15) is 14.7 Å². The number of carbonyl (C=O) groups is 2. The number of aliphatic carboxylic acids is 1. The Morgan fingerprint density at radius 2 is 1.77 bits per heavy atom. The largest absolute Gasteiger partial charge is 0.481 e. The highest BCUT2D eigenvalue weighted by Crippen LogP contribution is 2.31. The van der Waals surface area contributed by atoms with Gasteiger partial charge in [-0.05, 0) is 43.2 Å². The molecule has 0 bridgehead atoms. The van der Waals surface area contributed by atoms with Crippen LogP contribution in [0.1, 0.15) is 43.2 Å². The van der Waals surface area contributed by atoms with Crippen molar-refractivity contribution in [3.05, 3.63) is 35.4 Å². The van der Waals surface area contributed by atoms with Crippen LogP contribution in [0.5, 0.6) is 0 Å². The second kappa shape index (κ2) is 6.51. The molecule has 0 radical (unpaired) electrons. The molecule has 118 valence electrons. The molecule has 1 amide bonds. The van der Waals surface area contributed by atoms with Gasteiger partial charge in [0.2, 0.25) is 5.91 Å². The van der Waals surface area contributed by atoms with E-state index in [4.69, 9.17) is 0 Å². The molecule has 1 heterocycles. The van der Waals surface area contributed by atoms with Crippen LogP contribution in [0.3, 0.4) is 0 Å². The molecule has 4 heteroatoms. The van der Waals surface area contributed by atoms with Crippen molar-refractivity contribution >= 4 is 11.9 Å². The molecule has 1 aromatic carbocycles. The summed E-state index contributed by atoms with van der Waals surface area (Å²) in [6.45, 7) is 1.45. The van der Waals surface area contributed by atoms with Gasteiger partial charge in [-0.15, -0.1) is 0 Å². The summed E-state index contributed by atoms with van der Waals surface area (Å²) in [6.07, 6.45) is 4.90. The van der Waals surface area contributed by atoms with E-state index in [1.807, 2.05) is 11.0 Å². The number of rotatable bonds is 2. The number of hydrogen-bond acceptors (Lipinski definition) is 2. The van der Waals surface area contributed by atoms with E-state index in [2.05, 4.69) is 18.2 Å². The quantitative estimate of drug-likeness (QED) is 0.914. The zero-order chi connectivity index (χ0) is 15.5. The first-order valence-corrected chi connectivity index (χ1v) is 8.23. The summed E-state index contributed by atoms with van der Waals surface area (Å²) in [5, 5.41) is 9.20. The van der Waals surface area contributed by atoms with Crippen LogP contribution in [0.25, 0.3) is 0 Å². The van der Waals surface area contributed by atoms with E-state index < -0.39 is 5.97 Å². The van der Waals surface area contributed by atoms with Gasteiger partial charge in [-0.3, -0.25) is 9.59 Å². The maximum Gasteiger partial charge on any atom is 0.306 e. The van der Waals surface area contributed by atoms with E-state index in [1.165, 1.54) is 11.1 Å². The number of amides is 1. The fraction of sp³-hybridized carbons (Fsp3) is 0.556. The Morgan fingerprint density at radius 3 is 2.55 bits per heavy atom. The van der Waals surface area contributed by atoms with Gasteiger partial charge in [0.05, 0.1) is 5.92 Å². The second-order valence-corrected chi connectivity index (χ2v) is 6.53. The average molecular weight is 301 g/mol. The predicted molar refractivity (Wildman–Crippen MR) is 83.3 cm³/mol. The zero-order valence-electron chi connectivity index (χ0n) is 12.8. The SMILES string of the molecule is O=C(O)[C@H]1CCC[C@@H](C(=O)N2CCCc3ccccc3C2)C1. The molecular formula is C18H23NO3. The second-order valence-electron chi connectivity index (χ2n) is 6.53. The molecule has 1 N–H and O–H groups in total. The van der Waals surface area contributed by atoms with Crippen molar-refractivity contribution in [2.45, 2.75) is 45.1 Å². The smallest absolute Gasteiger partial charge is 0.306 e. The minimum Gasteiger partial charge on any atom is -0.481 e. The van der Waals surface area contributed by atoms with Crippen LogP contribution in [0.15, 0.2) is 24.3 Å². The molecule has 4 nitrogen and oxygen atoms in total. The van der Waals surface area contributed by atoms with Gasteiger partial charge in [-0.2, -0.15) is 0 Å². The lowest BCUT2D eigenvalue weighted by Crippen LogP contribution is -2.38. The maximum atomic E-state index is 12.8. The van der Waals surface area contributed by atoms with E-state index in [0.717, 1.165) is 32.2 Å². The number of hydrogen-bond donors (Lipinski definition) is 1. The number of benzene rings is 1. The Kier molecular flexibility index (Phi) is 4.46. The van der Waals surface area contributed by atoms with Crippen LogP contribution >= 0.6 is 0 Å². The highest BCUT2D eigenvalue weighted by Gasteiger charge is 2.33. The molecule has 0 unspecified atom stereocenters. The van der Waals surface area contributed by atoms with Crippen molar-refractivity contribution in [2.24, 2.45) is 11.8 Å². The van der Waals surface area contributed by atoms with E-state index in [-0.39, 0.29) is 17.7 Å². The first-order valence-electron chi connectivity index (χ1n) is 8.23.